The topological polar surface area (TPSA) is 93.6 Å². The summed E-state index contributed by atoms with van der Waals surface area (Å²) < 4.78 is 5.27. The number of hydrogen-bond donors (Lipinski definition) is 3. The fourth-order valence-electron chi connectivity index (χ4n) is 2.12. The normalized spacial score (nSPS) is 16.2. The summed E-state index contributed by atoms with van der Waals surface area (Å²) in [7, 11) is 0. The summed E-state index contributed by atoms with van der Waals surface area (Å²) in [6.45, 7) is 4.83. The van der Waals surface area contributed by atoms with Crippen LogP contribution in [0.15, 0.2) is 24.3 Å². The Kier molecular flexibility index (Phi) is 5.59. The maximum absolute atomic E-state index is 11.7. The van der Waals surface area contributed by atoms with Crippen LogP contribution in [0.1, 0.15) is 5.56 Å². The molecule has 0 aliphatic carbocycles. The molecule has 1 aromatic carbocycles. The number of nitrogens with two attached hydrogens (primary N) is 2. The van der Waals surface area contributed by atoms with Crippen molar-refractivity contribution in [3.63, 3.8) is 0 Å². The van der Waals surface area contributed by atoms with Gasteiger partial charge in [-0.15, -0.1) is 0 Å². The van der Waals surface area contributed by atoms with E-state index in [1.54, 1.807) is 24.3 Å². The molecule has 1 aromatic rings. The average Bonchev–Trinajstić information content (AvgIpc) is 2.49. The minimum Gasteiger partial charge on any atom is -0.399 e. The molecule has 5 N–H and O–H groups in total. The van der Waals surface area contributed by atoms with Crippen molar-refractivity contribution in [3.05, 3.63) is 29.8 Å². The van der Waals surface area contributed by atoms with E-state index in [0.717, 1.165) is 38.4 Å². The number of ether oxygens (including phenoxy) is 1. The smallest absolute Gasteiger partial charge is 0.244 e. The van der Waals surface area contributed by atoms with E-state index in [2.05, 4.69) is 10.2 Å². The molecule has 1 fully saturated rings. The molecule has 0 radical (unpaired) electrons. The van der Waals surface area contributed by atoms with Crippen LogP contribution < -0.4 is 16.8 Å². The van der Waals surface area contributed by atoms with Crippen molar-refractivity contribution in [2.45, 2.75) is 0 Å². The standard InChI is InChI=1S/C15H22N4O2/c16-13-2-3-14(17)12(11-13)1-4-15(20)18-5-6-19-7-9-21-10-8-19/h1-4,11H,5-10,16-17H2,(H,18,20). The highest BCUT2D eigenvalue weighted by Gasteiger charge is 2.09. The SMILES string of the molecule is Nc1ccc(N)c(C=CC(=O)NCCN2CCOCC2)c1. The van der Waals surface area contributed by atoms with Gasteiger partial charge in [0.25, 0.3) is 0 Å². The lowest BCUT2D eigenvalue weighted by Crippen LogP contribution is -2.41. The van der Waals surface area contributed by atoms with Gasteiger partial charge in [0.15, 0.2) is 0 Å². The highest BCUT2D eigenvalue weighted by molar-refractivity contribution is 5.92. The van der Waals surface area contributed by atoms with Crippen molar-refractivity contribution in [2.24, 2.45) is 0 Å². The first kappa shape index (κ1) is 15.3. The van der Waals surface area contributed by atoms with Gasteiger partial charge in [0.05, 0.1) is 13.2 Å². The number of carbonyl (C=O) groups excluding carboxylic acids is 1. The lowest BCUT2D eigenvalue weighted by molar-refractivity contribution is -0.116. The number of amides is 1. The maximum Gasteiger partial charge on any atom is 0.244 e. The van der Waals surface area contributed by atoms with E-state index in [0.29, 0.717) is 17.9 Å². The Labute approximate surface area is 124 Å². The van der Waals surface area contributed by atoms with Crippen LogP contribution in [0.2, 0.25) is 0 Å². The van der Waals surface area contributed by atoms with Gasteiger partial charge in [-0.25, -0.2) is 0 Å². The molecular formula is C15H22N4O2. The number of morpholine rings is 1. The van der Waals surface area contributed by atoms with Crippen LogP contribution in [0.5, 0.6) is 0 Å². The number of carbonyl (C=O) groups is 1. The first-order valence-corrected chi connectivity index (χ1v) is 7.06. The number of nitrogen functional groups attached to an aromatic ring is 2. The minimum atomic E-state index is -0.134. The molecule has 6 heteroatoms. The van der Waals surface area contributed by atoms with Crippen LogP contribution in [0.3, 0.4) is 0 Å². The van der Waals surface area contributed by atoms with Crippen LogP contribution in [-0.4, -0.2) is 50.2 Å². The Morgan fingerprint density at radius 1 is 1.33 bits per heavy atom. The molecule has 0 aromatic heterocycles. The second kappa shape index (κ2) is 7.66. The predicted molar refractivity (Wildman–Crippen MR) is 84.6 cm³/mol. The van der Waals surface area contributed by atoms with Crippen molar-refractivity contribution in [1.82, 2.24) is 10.2 Å². The maximum atomic E-state index is 11.7. The van der Waals surface area contributed by atoms with Crippen LogP contribution in [-0.2, 0) is 9.53 Å². The summed E-state index contributed by atoms with van der Waals surface area (Å²) in [5.74, 6) is -0.134. The van der Waals surface area contributed by atoms with Gasteiger partial charge in [0.2, 0.25) is 5.91 Å². The Hall–Kier alpha value is -2.05. The molecule has 0 saturated carbocycles. The largest absolute Gasteiger partial charge is 0.399 e. The lowest BCUT2D eigenvalue weighted by atomic mass is 10.1. The molecule has 0 bridgehead atoms. The quantitative estimate of drug-likeness (QED) is 0.536. The average molecular weight is 290 g/mol. The third-order valence-corrected chi connectivity index (χ3v) is 3.36. The molecule has 1 saturated heterocycles. The Balaban J connectivity index is 1.75. The predicted octanol–water partition coefficient (Wildman–Crippen LogP) is 0.313. The molecule has 1 amide bonds. The van der Waals surface area contributed by atoms with Crippen LogP contribution in [0.25, 0.3) is 6.08 Å². The molecule has 1 aliphatic rings. The van der Waals surface area contributed by atoms with Gasteiger partial charge in [-0.1, -0.05) is 0 Å². The van der Waals surface area contributed by atoms with Crippen molar-refractivity contribution >= 4 is 23.4 Å². The van der Waals surface area contributed by atoms with Crippen LogP contribution in [0, 0.1) is 0 Å². The van der Waals surface area contributed by atoms with Crippen molar-refractivity contribution in [1.29, 1.82) is 0 Å². The van der Waals surface area contributed by atoms with E-state index >= 15 is 0 Å². The first-order chi connectivity index (χ1) is 10.1. The molecule has 114 valence electrons. The third kappa shape index (κ3) is 5.09. The Bertz CT molecular complexity index is 510. The molecule has 1 aliphatic heterocycles. The number of nitrogens with zero attached hydrogens (tertiary/aromatic N) is 1. The van der Waals surface area contributed by atoms with Gasteiger partial charge in [-0.05, 0) is 29.8 Å². The molecule has 21 heavy (non-hydrogen) atoms. The zero-order valence-corrected chi connectivity index (χ0v) is 12.0. The monoisotopic (exact) mass is 290 g/mol. The van der Waals surface area contributed by atoms with Crippen molar-refractivity contribution in [3.8, 4) is 0 Å². The van der Waals surface area contributed by atoms with Gasteiger partial charge in [0, 0.05) is 43.6 Å². The summed E-state index contributed by atoms with van der Waals surface area (Å²) in [5.41, 5.74) is 13.5. The van der Waals surface area contributed by atoms with Crippen LogP contribution in [0.4, 0.5) is 11.4 Å². The van der Waals surface area contributed by atoms with E-state index in [1.807, 2.05) is 0 Å². The number of anilines is 2. The molecule has 0 spiro atoms. The summed E-state index contributed by atoms with van der Waals surface area (Å²) in [6.07, 6.45) is 3.15. The van der Waals surface area contributed by atoms with E-state index < -0.39 is 0 Å². The first-order valence-electron chi connectivity index (χ1n) is 7.06. The van der Waals surface area contributed by atoms with Gasteiger partial charge in [-0.2, -0.15) is 0 Å². The molecule has 6 nitrogen and oxygen atoms in total. The Morgan fingerprint density at radius 2 is 2.10 bits per heavy atom. The molecular weight excluding hydrogens is 268 g/mol. The van der Waals surface area contributed by atoms with Gasteiger partial charge < -0.3 is 21.5 Å². The van der Waals surface area contributed by atoms with Gasteiger partial charge >= 0.3 is 0 Å². The number of rotatable bonds is 5. The van der Waals surface area contributed by atoms with E-state index in [9.17, 15) is 4.79 Å². The third-order valence-electron chi connectivity index (χ3n) is 3.36. The molecule has 0 atom stereocenters. The number of nitrogens with one attached hydrogen (secondary N) is 1. The lowest BCUT2D eigenvalue weighted by Gasteiger charge is -2.26. The highest BCUT2D eigenvalue weighted by atomic mass is 16.5. The number of hydrogen-bond acceptors (Lipinski definition) is 5. The zero-order valence-electron chi connectivity index (χ0n) is 12.0. The van der Waals surface area contributed by atoms with E-state index in [-0.39, 0.29) is 5.91 Å². The highest BCUT2D eigenvalue weighted by Crippen LogP contribution is 2.16. The Morgan fingerprint density at radius 3 is 2.86 bits per heavy atom. The van der Waals surface area contributed by atoms with E-state index in [4.69, 9.17) is 16.2 Å². The molecule has 2 rings (SSSR count). The second-order valence-corrected chi connectivity index (χ2v) is 4.97. The zero-order chi connectivity index (χ0) is 15.1. The number of benzene rings is 1. The second-order valence-electron chi connectivity index (χ2n) is 4.97. The molecule has 1 heterocycles. The van der Waals surface area contributed by atoms with Crippen molar-refractivity contribution < 1.29 is 9.53 Å². The summed E-state index contributed by atoms with van der Waals surface area (Å²) >= 11 is 0. The summed E-state index contributed by atoms with van der Waals surface area (Å²) in [5, 5.41) is 2.85. The fourth-order valence-corrected chi connectivity index (χ4v) is 2.12. The van der Waals surface area contributed by atoms with Crippen molar-refractivity contribution in [2.75, 3.05) is 50.9 Å². The summed E-state index contributed by atoms with van der Waals surface area (Å²) in [4.78, 5) is 14.0. The van der Waals surface area contributed by atoms with Gasteiger partial charge in [0.1, 0.15) is 0 Å². The van der Waals surface area contributed by atoms with Gasteiger partial charge in [-0.3, -0.25) is 9.69 Å². The van der Waals surface area contributed by atoms with E-state index in [1.165, 1.54) is 6.08 Å². The fraction of sp³-hybridized carbons (Fsp3) is 0.400. The van der Waals surface area contributed by atoms with Crippen LogP contribution >= 0.6 is 0 Å². The minimum absolute atomic E-state index is 0.134. The summed E-state index contributed by atoms with van der Waals surface area (Å²) in [6, 6.07) is 5.20. The molecule has 0 unspecified atom stereocenters.